The molecule has 0 fully saturated rings. The fourth-order valence-corrected chi connectivity index (χ4v) is 2.66. The van der Waals surface area contributed by atoms with Crippen LogP contribution in [-0.2, 0) is 17.9 Å². The third-order valence-electron chi connectivity index (χ3n) is 4.10. The lowest BCUT2D eigenvalue weighted by molar-refractivity contribution is -0.384. The molecule has 1 heterocycles. The minimum absolute atomic E-state index is 0.0929. The van der Waals surface area contributed by atoms with Gasteiger partial charge in [-0.3, -0.25) is 24.5 Å². The number of nitro benzene ring substituents is 1. The summed E-state index contributed by atoms with van der Waals surface area (Å²) in [5.41, 5.74) is 2.18. The largest absolute Gasteiger partial charge is 0.355 e. The lowest BCUT2D eigenvalue weighted by Crippen LogP contribution is -2.27. The zero-order valence-corrected chi connectivity index (χ0v) is 15.0. The summed E-state index contributed by atoms with van der Waals surface area (Å²) in [5, 5.41) is 16.1. The quantitative estimate of drug-likeness (QED) is 0.414. The Balaban J connectivity index is 2.09. The molecule has 0 unspecified atom stereocenters. The Morgan fingerprint density at radius 3 is 2.44 bits per heavy atom. The van der Waals surface area contributed by atoms with Gasteiger partial charge >= 0.3 is 0 Å². The molecule has 0 bridgehead atoms. The summed E-state index contributed by atoms with van der Waals surface area (Å²) in [5.74, 6) is -0.534. The van der Waals surface area contributed by atoms with Crippen molar-refractivity contribution in [3.8, 4) is 0 Å². The van der Waals surface area contributed by atoms with Gasteiger partial charge in [0.2, 0.25) is 5.91 Å². The smallest absolute Gasteiger partial charge is 0.269 e. The van der Waals surface area contributed by atoms with Gasteiger partial charge in [-0.2, -0.15) is 0 Å². The highest BCUT2D eigenvalue weighted by Gasteiger charge is 2.14. The monoisotopic (exact) mass is 372 g/mol. The first-order chi connectivity index (χ1) is 12.8. The second-order valence-electron chi connectivity index (χ2n) is 5.92. The van der Waals surface area contributed by atoms with Gasteiger partial charge in [0.25, 0.3) is 11.6 Å². The summed E-state index contributed by atoms with van der Waals surface area (Å²) in [6.45, 7) is 4.24. The number of rotatable bonds is 8. The van der Waals surface area contributed by atoms with Crippen molar-refractivity contribution in [1.82, 2.24) is 15.2 Å². The molecule has 1 aromatic heterocycles. The van der Waals surface area contributed by atoms with Crippen LogP contribution in [0.4, 0.5) is 5.69 Å². The van der Waals surface area contributed by atoms with Gasteiger partial charge in [-0.1, -0.05) is 0 Å². The molecule has 0 radical (unpaired) electrons. The Bertz CT molecular complexity index is 871. The molecule has 142 valence electrons. The van der Waals surface area contributed by atoms with Crippen molar-refractivity contribution in [3.05, 3.63) is 63.0 Å². The van der Waals surface area contributed by atoms with Crippen LogP contribution in [0.15, 0.2) is 30.3 Å². The molecule has 0 aliphatic rings. The molecule has 0 aliphatic heterocycles. The van der Waals surface area contributed by atoms with E-state index in [4.69, 9.17) is 0 Å². The standard InChI is InChI=1S/C18H20N4O5/c1-12-15(11-23)9-17(21(12)8-7-19-13(2)24)10-20-18(25)14-3-5-16(6-4-14)22(26)27/h3-6,9,11H,7-8,10H2,1-2H3,(H,19,24)(H,20,25). The highest BCUT2D eigenvalue weighted by Crippen LogP contribution is 2.15. The Hall–Kier alpha value is -3.49. The highest BCUT2D eigenvalue weighted by atomic mass is 16.6. The normalized spacial score (nSPS) is 10.3. The van der Waals surface area contributed by atoms with E-state index in [1.807, 2.05) is 4.57 Å². The van der Waals surface area contributed by atoms with Crippen molar-refractivity contribution in [3.63, 3.8) is 0 Å². The Morgan fingerprint density at radius 2 is 1.89 bits per heavy atom. The predicted octanol–water partition coefficient (Wildman–Crippen LogP) is 1.58. The van der Waals surface area contributed by atoms with E-state index in [9.17, 15) is 24.5 Å². The molecule has 0 spiro atoms. The zero-order valence-electron chi connectivity index (χ0n) is 15.0. The van der Waals surface area contributed by atoms with E-state index in [2.05, 4.69) is 10.6 Å². The lowest BCUT2D eigenvalue weighted by atomic mass is 10.2. The summed E-state index contributed by atoms with van der Waals surface area (Å²) < 4.78 is 1.86. The number of carbonyl (C=O) groups excluding carboxylic acids is 3. The molecular weight excluding hydrogens is 352 g/mol. The van der Waals surface area contributed by atoms with Crippen LogP contribution in [0.25, 0.3) is 0 Å². The molecule has 2 amide bonds. The first kappa shape index (κ1) is 19.8. The van der Waals surface area contributed by atoms with Gasteiger partial charge in [-0.15, -0.1) is 0 Å². The summed E-state index contributed by atoms with van der Waals surface area (Å²) >= 11 is 0. The molecule has 0 aliphatic carbocycles. The minimum Gasteiger partial charge on any atom is -0.355 e. The Labute approximate surface area is 155 Å². The van der Waals surface area contributed by atoms with Gasteiger partial charge in [0, 0.05) is 54.7 Å². The number of benzene rings is 1. The topological polar surface area (TPSA) is 123 Å². The summed E-state index contributed by atoms with van der Waals surface area (Å²) in [4.78, 5) is 44.6. The maximum atomic E-state index is 12.3. The number of carbonyl (C=O) groups is 3. The second-order valence-corrected chi connectivity index (χ2v) is 5.92. The maximum absolute atomic E-state index is 12.3. The van der Waals surface area contributed by atoms with Crippen LogP contribution >= 0.6 is 0 Å². The van der Waals surface area contributed by atoms with Crippen LogP contribution in [0.1, 0.15) is 39.0 Å². The molecule has 0 saturated heterocycles. The minimum atomic E-state index is -0.534. The van der Waals surface area contributed by atoms with Gasteiger partial charge in [0.1, 0.15) is 0 Å². The first-order valence-corrected chi connectivity index (χ1v) is 8.24. The van der Waals surface area contributed by atoms with Crippen molar-refractivity contribution < 1.29 is 19.3 Å². The number of nitrogens with zero attached hydrogens (tertiary/aromatic N) is 2. The second kappa shape index (κ2) is 8.75. The fraction of sp³-hybridized carbons (Fsp3) is 0.278. The number of nitrogens with one attached hydrogen (secondary N) is 2. The van der Waals surface area contributed by atoms with Gasteiger partial charge in [-0.25, -0.2) is 0 Å². The van der Waals surface area contributed by atoms with Gasteiger partial charge in [0.05, 0.1) is 11.5 Å². The SMILES string of the molecule is CC(=O)NCCn1c(CNC(=O)c2ccc([N+](=O)[O-])cc2)cc(C=O)c1C. The van der Waals surface area contributed by atoms with E-state index in [0.717, 1.165) is 17.7 Å². The molecule has 2 N–H and O–H groups in total. The van der Waals surface area contributed by atoms with Gasteiger partial charge in [0.15, 0.2) is 6.29 Å². The van der Waals surface area contributed by atoms with Crippen LogP contribution < -0.4 is 10.6 Å². The van der Waals surface area contributed by atoms with Gasteiger partial charge < -0.3 is 15.2 Å². The number of nitro groups is 1. The van der Waals surface area contributed by atoms with Crippen LogP contribution in [-0.4, -0.2) is 34.1 Å². The van der Waals surface area contributed by atoms with Crippen molar-refractivity contribution in [2.45, 2.75) is 26.9 Å². The van der Waals surface area contributed by atoms with E-state index < -0.39 is 4.92 Å². The number of non-ortho nitro benzene ring substituents is 1. The molecule has 9 heteroatoms. The van der Waals surface area contributed by atoms with Crippen LogP contribution in [0.5, 0.6) is 0 Å². The van der Waals surface area contributed by atoms with E-state index in [0.29, 0.717) is 24.2 Å². The van der Waals surface area contributed by atoms with Crippen LogP contribution in [0, 0.1) is 17.0 Å². The van der Waals surface area contributed by atoms with Crippen molar-refractivity contribution >= 4 is 23.8 Å². The van der Waals surface area contributed by atoms with Gasteiger partial charge in [-0.05, 0) is 25.1 Å². The molecule has 0 atom stereocenters. The summed E-state index contributed by atoms with van der Waals surface area (Å²) in [7, 11) is 0. The van der Waals surface area contributed by atoms with Crippen molar-refractivity contribution in [2.75, 3.05) is 6.54 Å². The Kier molecular flexibility index (Phi) is 6.42. The molecule has 2 aromatic rings. The number of hydrogen-bond acceptors (Lipinski definition) is 5. The fourth-order valence-electron chi connectivity index (χ4n) is 2.66. The number of aldehydes is 1. The number of aromatic nitrogens is 1. The number of amides is 2. The zero-order chi connectivity index (χ0) is 20.0. The third kappa shape index (κ3) is 5.00. The average Bonchev–Trinajstić information content (AvgIpc) is 2.94. The molecule has 0 saturated carbocycles. The predicted molar refractivity (Wildman–Crippen MR) is 97.5 cm³/mol. The van der Waals surface area contributed by atoms with Crippen LogP contribution in [0.2, 0.25) is 0 Å². The maximum Gasteiger partial charge on any atom is 0.269 e. The van der Waals surface area contributed by atoms with E-state index in [1.165, 1.54) is 31.2 Å². The summed E-state index contributed by atoms with van der Waals surface area (Å²) in [6, 6.07) is 6.97. The lowest BCUT2D eigenvalue weighted by Gasteiger charge is -2.13. The van der Waals surface area contributed by atoms with E-state index in [-0.39, 0.29) is 24.0 Å². The first-order valence-electron chi connectivity index (χ1n) is 8.24. The van der Waals surface area contributed by atoms with E-state index in [1.54, 1.807) is 13.0 Å². The van der Waals surface area contributed by atoms with Crippen molar-refractivity contribution in [1.29, 1.82) is 0 Å². The third-order valence-corrected chi connectivity index (χ3v) is 4.10. The highest BCUT2D eigenvalue weighted by molar-refractivity contribution is 5.94. The Morgan fingerprint density at radius 1 is 1.22 bits per heavy atom. The van der Waals surface area contributed by atoms with E-state index >= 15 is 0 Å². The molecule has 2 rings (SSSR count). The number of hydrogen-bond donors (Lipinski definition) is 2. The molecule has 27 heavy (non-hydrogen) atoms. The molecule has 9 nitrogen and oxygen atoms in total. The summed E-state index contributed by atoms with van der Waals surface area (Å²) in [6.07, 6.45) is 0.742. The molecule has 1 aromatic carbocycles. The van der Waals surface area contributed by atoms with Crippen molar-refractivity contribution in [2.24, 2.45) is 0 Å². The van der Waals surface area contributed by atoms with Crippen LogP contribution in [0.3, 0.4) is 0 Å². The molecular formula is C18H20N4O5. The average molecular weight is 372 g/mol.